The zero-order chi connectivity index (χ0) is 39.7. The van der Waals surface area contributed by atoms with Crippen molar-refractivity contribution in [2.75, 3.05) is 13.2 Å². The number of hydrogen-bond acceptors (Lipinski definition) is 9. The van der Waals surface area contributed by atoms with Crippen molar-refractivity contribution in [3.8, 4) is 0 Å². The highest BCUT2D eigenvalue weighted by molar-refractivity contribution is 5.80. The molecule has 7 N–H and O–H groups in total. The van der Waals surface area contributed by atoms with E-state index in [0.717, 1.165) is 32.1 Å². The summed E-state index contributed by atoms with van der Waals surface area (Å²) in [5.41, 5.74) is 0. The Morgan fingerprint density at radius 2 is 1.09 bits per heavy atom. The zero-order valence-electron chi connectivity index (χ0n) is 34.3. The number of hydrogen-bond donors (Lipinski definition) is 7. The van der Waals surface area contributed by atoms with E-state index in [1.54, 1.807) is 6.08 Å². The summed E-state index contributed by atoms with van der Waals surface area (Å²) in [7, 11) is 0. The number of nitrogens with one attached hydrogen (secondary N) is 1. The first-order valence-electron chi connectivity index (χ1n) is 22.2. The van der Waals surface area contributed by atoms with Crippen LogP contribution in [0, 0.1) is 0 Å². The van der Waals surface area contributed by atoms with Crippen LogP contribution < -0.4 is 5.32 Å². The van der Waals surface area contributed by atoms with Crippen LogP contribution in [0.4, 0.5) is 0 Å². The molecule has 0 radical (unpaired) electrons. The van der Waals surface area contributed by atoms with E-state index in [9.17, 15) is 35.4 Å². The van der Waals surface area contributed by atoms with E-state index in [-0.39, 0.29) is 6.61 Å². The summed E-state index contributed by atoms with van der Waals surface area (Å²) >= 11 is 0. The number of aliphatic hydroxyl groups excluding tert-OH is 6. The maximum Gasteiger partial charge on any atom is 0.249 e. The normalized spacial score (nSPS) is 22.3. The fourth-order valence-corrected chi connectivity index (χ4v) is 6.94. The second kappa shape index (κ2) is 34.8. The van der Waals surface area contributed by atoms with Gasteiger partial charge in [0.2, 0.25) is 5.91 Å². The van der Waals surface area contributed by atoms with E-state index in [4.69, 9.17) is 9.47 Å². The van der Waals surface area contributed by atoms with Gasteiger partial charge in [-0.2, -0.15) is 0 Å². The second-order valence-electron chi connectivity index (χ2n) is 15.6. The van der Waals surface area contributed by atoms with Crippen molar-refractivity contribution in [3.63, 3.8) is 0 Å². The van der Waals surface area contributed by atoms with Gasteiger partial charge in [0.05, 0.1) is 25.4 Å². The van der Waals surface area contributed by atoms with Crippen LogP contribution in [0.15, 0.2) is 24.3 Å². The van der Waals surface area contributed by atoms with Gasteiger partial charge in [0.15, 0.2) is 6.29 Å². The molecule has 1 rings (SSSR count). The van der Waals surface area contributed by atoms with Crippen molar-refractivity contribution in [1.82, 2.24) is 5.32 Å². The van der Waals surface area contributed by atoms with Gasteiger partial charge in [0.25, 0.3) is 0 Å². The molecule has 10 heteroatoms. The van der Waals surface area contributed by atoms with Crippen LogP contribution in [0.2, 0.25) is 0 Å². The lowest BCUT2D eigenvalue weighted by molar-refractivity contribution is -0.302. The molecule has 0 aliphatic carbocycles. The molecule has 1 saturated heterocycles. The number of aliphatic hydroxyl groups is 6. The smallest absolute Gasteiger partial charge is 0.249 e. The lowest BCUT2D eigenvalue weighted by Gasteiger charge is -2.40. The Hall–Kier alpha value is -1.37. The molecule has 1 amide bonds. The van der Waals surface area contributed by atoms with E-state index in [0.29, 0.717) is 19.3 Å². The van der Waals surface area contributed by atoms with Crippen LogP contribution in [0.1, 0.15) is 187 Å². The summed E-state index contributed by atoms with van der Waals surface area (Å²) in [5, 5.41) is 64.4. The molecule has 0 saturated carbocycles. The molecule has 1 aliphatic heterocycles. The van der Waals surface area contributed by atoms with Crippen molar-refractivity contribution >= 4 is 5.91 Å². The van der Waals surface area contributed by atoms with E-state index >= 15 is 0 Å². The molecule has 54 heavy (non-hydrogen) atoms. The number of rotatable bonds is 36. The second-order valence-corrected chi connectivity index (χ2v) is 15.6. The van der Waals surface area contributed by atoms with Gasteiger partial charge in [-0.3, -0.25) is 4.79 Å². The first-order valence-corrected chi connectivity index (χ1v) is 22.2. The fourth-order valence-electron chi connectivity index (χ4n) is 6.94. The van der Waals surface area contributed by atoms with E-state index in [2.05, 4.69) is 31.3 Å². The minimum Gasteiger partial charge on any atom is -0.394 e. The molecule has 8 atom stereocenters. The summed E-state index contributed by atoms with van der Waals surface area (Å²) in [6.45, 7) is 3.56. The summed E-state index contributed by atoms with van der Waals surface area (Å²) in [6.07, 6.45) is 29.9. The highest BCUT2D eigenvalue weighted by Crippen LogP contribution is 2.22. The lowest BCUT2D eigenvalue weighted by Crippen LogP contribution is -2.60. The predicted molar refractivity (Wildman–Crippen MR) is 218 cm³/mol. The highest BCUT2D eigenvalue weighted by atomic mass is 16.7. The standard InChI is InChI=1S/C44H83NO9/c1-3-5-7-9-11-13-15-16-17-18-19-20-21-23-25-27-29-31-33-38(48)43(52)45-36(35-53-44-42(51)41(50)40(49)39(34-46)54-44)37(47)32-30-28-26-24-22-14-12-10-8-6-4-2/h22,24,30,32,36-42,44,46-51H,3-21,23,25-29,31,33-35H2,1-2H3,(H,45,52)/b24-22+,32-30+/t36-,37+,38+,39+,40+,41-,42+,44+/m0/s1. The Kier molecular flexibility index (Phi) is 32.7. The van der Waals surface area contributed by atoms with Gasteiger partial charge in [-0.25, -0.2) is 0 Å². The summed E-state index contributed by atoms with van der Waals surface area (Å²) in [5.74, 6) is -0.626. The Morgan fingerprint density at radius 3 is 1.61 bits per heavy atom. The number of ether oxygens (including phenoxy) is 2. The van der Waals surface area contributed by atoms with Gasteiger partial charge in [-0.15, -0.1) is 0 Å². The number of allylic oxidation sites excluding steroid dienone is 3. The van der Waals surface area contributed by atoms with Crippen LogP contribution in [-0.4, -0.2) is 98.7 Å². The van der Waals surface area contributed by atoms with E-state index < -0.39 is 61.5 Å². The topological polar surface area (TPSA) is 169 Å². The van der Waals surface area contributed by atoms with Gasteiger partial charge < -0.3 is 45.4 Å². The van der Waals surface area contributed by atoms with Gasteiger partial charge in [-0.1, -0.05) is 179 Å². The predicted octanol–water partition coefficient (Wildman–Crippen LogP) is 7.69. The molecule has 0 aromatic carbocycles. The SMILES string of the molecule is CCCCCCC/C=C/CC/C=C/[C@@H](O)[C@H](CO[C@@H]1O[C@H](CO)[C@@H](O)[C@H](O)[C@H]1O)NC(=O)[C@H](O)CCCCCCCCCCCCCCCCCCCC. The van der Waals surface area contributed by atoms with Gasteiger partial charge in [0.1, 0.15) is 30.5 Å². The third-order valence-corrected chi connectivity index (χ3v) is 10.6. The Bertz CT molecular complexity index is 916. The van der Waals surface area contributed by atoms with Crippen LogP contribution in [-0.2, 0) is 14.3 Å². The molecule has 0 aromatic rings. The fraction of sp³-hybridized carbons (Fsp3) is 0.886. The summed E-state index contributed by atoms with van der Waals surface area (Å²) in [4.78, 5) is 13.0. The molecular formula is C44H83NO9. The monoisotopic (exact) mass is 770 g/mol. The van der Waals surface area contributed by atoms with Crippen molar-refractivity contribution in [2.45, 2.75) is 236 Å². The van der Waals surface area contributed by atoms with Crippen molar-refractivity contribution in [2.24, 2.45) is 0 Å². The Morgan fingerprint density at radius 1 is 0.630 bits per heavy atom. The Labute approximate surface area is 329 Å². The molecule has 1 fully saturated rings. The van der Waals surface area contributed by atoms with E-state index in [1.807, 2.05) is 6.08 Å². The number of amides is 1. The minimum absolute atomic E-state index is 0.307. The molecule has 0 unspecified atom stereocenters. The number of carbonyl (C=O) groups excluding carboxylic acids is 1. The first-order chi connectivity index (χ1) is 26.3. The van der Waals surface area contributed by atoms with Crippen LogP contribution in [0.5, 0.6) is 0 Å². The molecular weight excluding hydrogens is 686 g/mol. The largest absolute Gasteiger partial charge is 0.394 e. The van der Waals surface area contributed by atoms with Crippen molar-refractivity contribution in [3.05, 3.63) is 24.3 Å². The van der Waals surface area contributed by atoms with Crippen LogP contribution in [0.25, 0.3) is 0 Å². The van der Waals surface area contributed by atoms with Gasteiger partial charge >= 0.3 is 0 Å². The molecule has 0 aromatic heterocycles. The quantitative estimate of drug-likeness (QED) is 0.0250. The van der Waals surface area contributed by atoms with Gasteiger partial charge in [0, 0.05) is 0 Å². The van der Waals surface area contributed by atoms with Gasteiger partial charge in [-0.05, 0) is 32.1 Å². The van der Waals surface area contributed by atoms with Crippen molar-refractivity contribution in [1.29, 1.82) is 0 Å². The third-order valence-electron chi connectivity index (χ3n) is 10.6. The average molecular weight is 770 g/mol. The van der Waals surface area contributed by atoms with E-state index in [1.165, 1.54) is 122 Å². The highest BCUT2D eigenvalue weighted by Gasteiger charge is 2.44. The molecule has 1 heterocycles. The van der Waals surface area contributed by atoms with Crippen LogP contribution in [0.3, 0.4) is 0 Å². The third kappa shape index (κ3) is 25.0. The molecule has 1 aliphatic rings. The number of unbranched alkanes of at least 4 members (excludes halogenated alkanes) is 23. The lowest BCUT2D eigenvalue weighted by atomic mass is 9.99. The Balaban J connectivity index is 2.41. The summed E-state index contributed by atoms with van der Waals surface area (Å²) < 4.78 is 11.1. The molecule has 318 valence electrons. The first kappa shape index (κ1) is 50.6. The van der Waals surface area contributed by atoms with Crippen LogP contribution >= 0.6 is 0 Å². The average Bonchev–Trinajstić information content (AvgIpc) is 3.17. The molecule has 10 nitrogen and oxygen atoms in total. The maximum absolute atomic E-state index is 13.0. The maximum atomic E-state index is 13.0. The molecule has 0 spiro atoms. The van der Waals surface area contributed by atoms with Crippen molar-refractivity contribution < 1.29 is 44.9 Å². The zero-order valence-corrected chi connectivity index (χ0v) is 34.3. The summed E-state index contributed by atoms with van der Waals surface area (Å²) in [6, 6.07) is -0.991. The number of carbonyl (C=O) groups is 1. The minimum atomic E-state index is -1.61. The molecule has 0 bridgehead atoms.